The fraction of sp³-hybridized carbons (Fsp3) is 0.417. The van der Waals surface area contributed by atoms with E-state index in [1.165, 1.54) is 0 Å². The summed E-state index contributed by atoms with van der Waals surface area (Å²) in [6.07, 6.45) is 2.82. The summed E-state index contributed by atoms with van der Waals surface area (Å²) >= 11 is 5.06. The molecule has 0 bridgehead atoms. The molecular weight excluding hydrogens is 326 g/mol. The van der Waals surface area contributed by atoms with Crippen LogP contribution in [0.25, 0.3) is 0 Å². The number of rotatable bonds is 5. The maximum absolute atomic E-state index is 4.51. The Hall–Kier alpha value is -1.08. The third-order valence-corrected chi connectivity index (χ3v) is 4.34. The predicted molar refractivity (Wildman–Crippen MR) is 80.6 cm³/mol. The summed E-state index contributed by atoms with van der Waals surface area (Å²) in [6, 6.07) is 2.04. The van der Waals surface area contributed by atoms with Crippen LogP contribution in [-0.4, -0.2) is 26.3 Å². The molecule has 5 nitrogen and oxygen atoms in total. The summed E-state index contributed by atoms with van der Waals surface area (Å²) in [5, 5.41) is 9.46. The van der Waals surface area contributed by atoms with Gasteiger partial charge in [0.25, 0.3) is 0 Å². The monoisotopic (exact) mass is 341 g/mol. The van der Waals surface area contributed by atoms with Gasteiger partial charge in [0, 0.05) is 19.8 Å². The number of anilines is 1. The van der Waals surface area contributed by atoms with Gasteiger partial charge >= 0.3 is 0 Å². The van der Waals surface area contributed by atoms with Crippen LogP contribution in [-0.2, 0) is 7.05 Å². The maximum atomic E-state index is 4.51. The van der Waals surface area contributed by atoms with Gasteiger partial charge in [0.2, 0.25) is 5.95 Å². The van der Waals surface area contributed by atoms with Crippen LogP contribution in [0.4, 0.5) is 5.95 Å². The molecule has 0 amide bonds. The first-order chi connectivity index (χ1) is 9.10. The number of hydrogen-bond acceptors (Lipinski definition) is 5. The molecule has 2 aromatic rings. The van der Waals surface area contributed by atoms with Crippen LogP contribution in [0.1, 0.15) is 19.0 Å². The predicted octanol–water partition coefficient (Wildman–Crippen LogP) is 3.25. The summed E-state index contributed by atoms with van der Waals surface area (Å²) in [5.74, 6) is 0.659. The Morgan fingerprint density at radius 2 is 2.26 bits per heavy atom. The van der Waals surface area contributed by atoms with Gasteiger partial charge in [0.1, 0.15) is 10.1 Å². The van der Waals surface area contributed by atoms with Gasteiger partial charge in [-0.15, -0.1) is 0 Å². The molecule has 0 unspecified atom stereocenters. The van der Waals surface area contributed by atoms with Crippen molar-refractivity contribution in [2.24, 2.45) is 7.05 Å². The van der Waals surface area contributed by atoms with E-state index in [0.29, 0.717) is 5.95 Å². The Bertz CT molecular complexity index is 569. The second kappa shape index (κ2) is 6.38. The van der Waals surface area contributed by atoms with E-state index in [2.05, 4.69) is 43.2 Å². The first-order valence-corrected chi connectivity index (χ1v) is 7.66. The Labute approximate surface area is 125 Å². The van der Waals surface area contributed by atoms with Crippen molar-refractivity contribution in [1.29, 1.82) is 0 Å². The van der Waals surface area contributed by atoms with E-state index in [1.807, 2.05) is 24.7 Å². The number of nitrogens with zero attached hydrogens (tertiary/aromatic N) is 4. The molecule has 19 heavy (non-hydrogen) atoms. The zero-order chi connectivity index (χ0) is 13.8. The van der Waals surface area contributed by atoms with Crippen LogP contribution in [0.15, 0.2) is 26.8 Å². The molecule has 102 valence electrons. The average Bonchev–Trinajstić information content (AvgIpc) is 2.69. The smallest absolute Gasteiger partial charge is 0.223 e. The topological polar surface area (TPSA) is 55.6 Å². The van der Waals surface area contributed by atoms with Crippen LogP contribution in [0.3, 0.4) is 0 Å². The first kappa shape index (κ1) is 14.3. The van der Waals surface area contributed by atoms with Gasteiger partial charge in [0.05, 0.1) is 10.2 Å². The molecule has 2 heterocycles. The normalized spacial score (nSPS) is 10.7. The molecule has 0 saturated carbocycles. The van der Waals surface area contributed by atoms with Crippen LogP contribution >= 0.6 is 27.7 Å². The molecule has 0 saturated heterocycles. The minimum absolute atomic E-state index is 0.659. The highest BCUT2D eigenvalue weighted by molar-refractivity contribution is 9.10. The highest BCUT2D eigenvalue weighted by atomic mass is 79.9. The van der Waals surface area contributed by atoms with Crippen molar-refractivity contribution in [3.05, 3.63) is 22.4 Å². The summed E-state index contributed by atoms with van der Waals surface area (Å²) in [7, 11) is 1.93. The Kier molecular flexibility index (Phi) is 4.81. The number of halogens is 1. The van der Waals surface area contributed by atoms with Gasteiger partial charge < -0.3 is 5.32 Å². The van der Waals surface area contributed by atoms with Crippen molar-refractivity contribution >= 4 is 33.6 Å². The lowest BCUT2D eigenvalue weighted by Crippen LogP contribution is -2.04. The molecule has 7 heteroatoms. The molecule has 0 spiro atoms. The van der Waals surface area contributed by atoms with Gasteiger partial charge in [-0.05, 0) is 47.1 Å². The average molecular weight is 342 g/mol. The highest BCUT2D eigenvalue weighted by Gasteiger charge is 2.10. The van der Waals surface area contributed by atoms with Gasteiger partial charge in [0.15, 0.2) is 0 Å². The van der Waals surface area contributed by atoms with Gasteiger partial charge in [-0.1, -0.05) is 6.92 Å². The van der Waals surface area contributed by atoms with E-state index < -0.39 is 0 Å². The van der Waals surface area contributed by atoms with Crippen LogP contribution in [0, 0.1) is 6.92 Å². The fourth-order valence-electron chi connectivity index (χ4n) is 1.53. The minimum atomic E-state index is 0.659. The molecule has 0 fully saturated rings. The Morgan fingerprint density at radius 3 is 2.89 bits per heavy atom. The molecule has 0 aliphatic rings. The van der Waals surface area contributed by atoms with Crippen molar-refractivity contribution in [2.45, 2.75) is 30.3 Å². The Balaban J connectivity index is 2.21. The lowest BCUT2D eigenvalue weighted by Gasteiger charge is -2.07. The van der Waals surface area contributed by atoms with E-state index in [1.54, 1.807) is 18.0 Å². The molecule has 0 aliphatic carbocycles. The summed E-state index contributed by atoms with van der Waals surface area (Å²) in [4.78, 5) is 8.75. The highest BCUT2D eigenvalue weighted by Crippen LogP contribution is 2.32. The zero-order valence-electron chi connectivity index (χ0n) is 11.1. The van der Waals surface area contributed by atoms with Crippen molar-refractivity contribution in [3.63, 3.8) is 0 Å². The third-order valence-electron chi connectivity index (χ3n) is 2.41. The quantitative estimate of drug-likeness (QED) is 0.846. The number of aryl methyl sites for hydroxylation is 2. The largest absolute Gasteiger partial charge is 0.354 e. The molecule has 0 atom stereocenters. The molecule has 0 aliphatic heterocycles. The summed E-state index contributed by atoms with van der Waals surface area (Å²) < 4.78 is 2.74. The zero-order valence-corrected chi connectivity index (χ0v) is 13.5. The first-order valence-electron chi connectivity index (χ1n) is 6.05. The number of nitrogens with one attached hydrogen (secondary N) is 1. The molecular formula is C12H16BrN5S. The van der Waals surface area contributed by atoms with Gasteiger partial charge in [-0.2, -0.15) is 5.10 Å². The van der Waals surface area contributed by atoms with E-state index in [4.69, 9.17) is 0 Å². The number of aromatic nitrogens is 4. The lowest BCUT2D eigenvalue weighted by molar-refractivity contribution is 0.692. The van der Waals surface area contributed by atoms with Crippen molar-refractivity contribution in [2.75, 3.05) is 11.9 Å². The van der Waals surface area contributed by atoms with E-state index in [0.717, 1.165) is 33.2 Å². The lowest BCUT2D eigenvalue weighted by atomic mass is 10.5. The van der Waals surface area contributed by atoms with Gasteiger partial charge in [-0.3, -0.25) is 4.68 Å². The van der Waals surface area contributed by atoms with Crippen molar-refractivity contribution in [3.8, 4) is 0 Å². The fourth-order valence-corrected chi connectivity index (χ4v) is 2.84. The van der Waals surface area contributed by atoms with Crippen molar-refractivity contribution in [1.82, 2.24) is 19.7 Å². The SMILES string of the molecule is CCCNc1ncc(Br)c(Sc2cc(C)nn2C)n1. The molecule has 0 aromatic carbocycles. The number of hydrogen-bond donors (Lipinski definition) is 1. The van der Waals surface area contributed by atoms with E-state index in [-0.39, 0.29) is 0 Å². The second-order valence-corrected chi connectivity index (χ2v) is 5.99. The second-order valence-electron chi connectivity index (χ2n) is 4.12. The van der Waals surface area contributed by atoms with Crippen LogP contribution in [0.5, 0.6) is 0 Å². The van der Waals surface area contributed by atoms with Crippen LogP contribution < -0.4 is 5.32 Å². The molecule has 2 aromatic heterocycles. The standard InChI is InChI=1S/C12H16BrN5S/c1-4-5-14-12-15-7-9(13)11(16-12)19-10-6-8(2)17-18(10)3/h6-7H,4-5H2,1-3H3,(H,14,15,16). The summed E-state index contributed by atoms with van der Waals surface area (Å²) in [6.45, 7) is 4.96. The van der Waals surface area contributed by atoms with E-state index >= 15 is 0 Å². The third kappa shape index (κ3) is 3.70. The summed E-state index contributed by atoms with van der Waals surface area (Å²) in [5.41, 5.74) is 1.000. The maximum Gasteiger partial charge on any atom is 0.223 e. The van der Waals surface area contributed by atoms with E-state index in [9.17, 15) is 0 Å². The Morgan fingerprint density at radius 1 is 1.47 bits per heavy atom. The minimum Gasteiger partial charge on any atom is -0.354 e. The van der Waals surface area contributed by atoms with Crippen LogP contribution in [0.2, 0.25) is 0 Å². The van der Waals surface area contributed by atoms with Gasteiger partial charge in [-0.25, -0.2) is 9.97 Å². The molecule has 0 radical (unpaired) electrons. The molecule has 1 N–H and O–H groups in total. The molecule has 2 rings (SSSR count). The van der Waals surface area contributed by atoms with Crippen molar-refractivity contribution < 1.29 is 0 Å².